The van der Waals surface area contributed by atoms with Gasteiger partial charge in [0.25, 0.3) is 0 Å². The van der Waals surface area contributed by atoms with E-state index in [2.05, 4.69) is 5.10 Å². The largest absolute Gasteiger partial charge is 0.497 e. The lowest BCUT2D eigenvalue weighted by Crippen LogP contribution is -2.24. The van der Waals surface area contributed by atoms with Gasteiger partial charge in [0, 0.05) is 19.4 Å². The Hall–Kier alpha value is -2.82. The maximum absolute atomic E-state index is 12.1. The predicted octanol–water partition coefficient (Wildman–Crippen LogP) is 3.40. The molecule has 24 heavy (non-hydrogen) atoms. The summed E-state index contributed by atoms with van der Waals surface area (Å²) in [6.45, 7) is 1.53. The molecule has 1 aliphatic rings. The molecule has 124 valence electrons. The number of rotatable bonds is 4. The first-order chi connectivity index (χ1) is 11.6. The lowest BCUT2D eigenvalue weighted by Gasteiger charge is -2.21. The van der Waals surface area contributed by atoms with Gasteiger partial charge in [-0.3, -0.25) is 4.79 Å². The molecule has 2 aromatic carbocycles. The molecule has 0 aliphatic carbocycles. The summed E-state index contributed by atoms with van der Waals surface area (Å²) in [5, 5.41) is 6.08. The highest BCUT2D eigenvalue weighted by Crippen LogP contribution is 2.36. The average Bonchev–Trinajstić information content (AvgIpc) is 3.07. The number of methoxy groups -OCH3 is 2. The summed E-state index contributed by atoms with van der Waals surface area (Å²) in [5.74, 6) is 1.30. The molecule has 0 saturated carbocycles. The van der Waals surface area contributed by atoms with Crippen molar-refractivity contribution in [2.45, 2.75) is 19.4 Å². The van der Waals surface area contributed by atoms with Crippen molar-refractivity contribution in [2.75, 3.05) is 14.2 Å². The summed E-state index contributed by atoms with van der Waals surface area (Å²) < 4.78 is 10.7. The van der Waals surface area contributed by atoms with Crippen molar-refractivity contribution in [2.24, 2.45) is 5.10 Å². The molecule has 0 aromatic heterocycles. The number of nitrogens with zero attached hydrogens (tertiary/aromatic N) is 2. The number of carbonyl (C=O) groups excluding carboxylic acids is 1. The Morgan fingerprint density at radius 3 is 2.25 bits per heavy atom. The Kier molecular flexibility index (Phi) is 4.51. The SMILES string of the molecule is COc1cc(OC)cc(C2CC(c3ccccc3)=NN2C(C)=O)c1. The van der Waals surface area contributed by atoms with Gasteiger partial charge in [0.05, 0.1) is 26.0 Å². The van der Waals surface area contributed by atoms with Crippen LogP contribution < -0.4 is 9.47 Å². The normalized spacial score (nSPS) is 16.7. The molecule has 0 fully saturated rings. The Morgan fingerprint density at radius 2 is 1.71 bits per heavy atom. The summed E-state index contributed by atoms with van der Waals surface area (Å²) >= 11 is 0. The van der Waals surface area contributed by atoms with Gasteiger partial charge in [-0.2, -0.15) is 5.10 Å². The lowest BCUT2D eigenvalue weighted by atomic mass is 9.98. The number of carbonyl (C=O) groups is 1. The molecule has 0 radical (unpaired) electrons. The standard InChI is InChI=1S/C19H20N2O3/c1-13(22)21-19(12-18(20-21)14-7-5-4-6-8-14)15-9-16(23-2)11-17(10-15)24-3/h4-11,19H,12H2,1-3H3. The summed E-state index contributed by atoms with van der Waals surface area (Å²) in [5.41, 5.74) is 2.87. The molecule has 3 rings (SSSR count). The predicted molar refractivity (Wildman–Crippen MR) is 92.4 cm³/mol. The topological polar surface area (TPSA) is 51.1 Å². The second-order valence-electron chi connectivity index (χ2n) is 5.64. The fourth-order valence-corrected chi connectivity index (χ4v) is 2.89. The highest BCUT2D eigenvalue weighted by atomic mass is 16.5. The summed E-state index contributed by atoms with van der Waals surface area (Å²) in [7, 11) is 3.23. The zero-order chi connectivity index (χ0) is 17.1. The second-order valence-corrected chi connectivity index (χ2v) is 5.64. The molecule has 1 unspecified atom stereocenters. The van der Waals surface area contributed by atoms with Crippen LogP contribution in [0.5, 0.6) is 11.5 Å². The van der Waals surface area contributed by atoms with E-state index in [4.69, 9.17) is 9.47 Å². The minimum Gasteiger partial charge on any atom is -0.497 e. The van der Waals surface area contributed by atoms with Gasteiger partial charge in [-0.25, -0.2) is 5.01 Å². The van der Waals surface area contributed by atoms with E-state index >= 15 is 0 Å². The van der Waals surface area contributed by atoms with Gasteiger partial charge in [0.2, 0.25) is 5.91 Å². The van der Waals surface area contributed by atoms with Gasteiger partial charge in [-0.15, -0.1) is 0 Å². The van der Waals surface area contributed by atoms with Gasteiger partial charge < -0.3 is 9.47 Å². The van der Waals surface area contributed by atoms with Crippen LogP contribution in [0.15, 0.2) is 53.6 Å². The van der Waals surface area contributed by atoms with E-state index in [0.29, 0.717) is 17.9 Å². The molecule has 0 saturated heterocycles. The molecule has 5 nitrogen and oxygen atoms in total. The van der Waals surface area contributed by atoms with Crippen molar-refractivity contribution in [3.63, 3.8) is 0 Å². The molecule has 0 N–H and O–H groups in total. The van der Waals surface area contributed by atoms with Gasteiger partial charge in [0.1, 0.15) is 11.5 Å². The fraction of sp³-hybridized carbons (Fsp3) is 0.263. The van der Waals surface area contributed by atoms with E-state index in [-0.39, 0.29) is 11.9 Å². The van der Waals surface area contributed by atoms with Crippen LogP contribution in [-0.4, -0.2) is 30.8 Å². The average molecular weight is 324 g/mol. The molecule has 1 aliphatic heterocycles. The Balaban J connectivity index is 1.98. The molecule has 1 heterocycles. The summed E-state index contributed by atoms with van der Waals surface area (Å²) in [4.78, 5) is 12.1. The number of amides is 1. The lowest BCUT2D eigenvalue weighted by molar-refractivity contribution is -0.130. The monoisotopic (exact) mass is 324 g/mol. The van der Waals surface area contributed by atoms with Crippen LogP contribution >= 0.6 is 0 Å². The molecular formula is C19H20N2O3. The maximum Gasteiger partial charge on any atom is 0.240 e. The van der Waals surface area contributed by atoms with Gasteiger partial charge in [-0.05, 0) is 23.3 Å². The van der Waals surface area contributed by atoms with Crippen molar-refractivity contribution < 1.29 is 14.3 Å². The molecule has 2 aromatic rings. The first-order valence-electron chi connectivity index (χ1n) is 7.78. The van der Waals surface area contributed by atoms with E-state index < -0.39 is 0 Å². The third kappa shape index (κ3) is 3.11. The van der Waals surface area contributed by atoms with E-state index in [1.165, 1.54) is 11.9 Å². The Bertz CT molecular complexity index is 749. The summed E-state index contributed by atoms with van der Waals surface area (Å²) in [6.07, 6.45) is 0.653. The second kappa shape index (κ2) is 6.74. The van der Waals surface area contributed by atoms with Crippen molar-refractivity contribution in [1.29, 1.82) is 0 Å². The number of ether oxygens (including phenoxy) is 2. The van der Waals surface area contributed by atoms with Crippen LogP contribution in [0.25, 0.3) is 0 Å². The van der Waals surface area contributed by atoms with Crippen LogP contribution in [-0.2, 0) is 4.79 Å². The van der Waals surface area contributed by atoms with Crippen molar-refractivity contribution >= 4 is 11.6 Å². The van der Waals surface area contributed by atoms with Crippen molar-refractivity contribution in [1.82, 2.24) is 5.01 Å². The third-order valence-electron chi connectivity index (χ3n) is 4.10. The smallest absolute Gasteiger partial charge is 0.240 e. The highest BCUT2D eigenvalue weighted by Gasteiger charge is 2.32. The van der Waals surface area contributed by atoms with Crippen LogP contribution in [0.1, 0.15) is 30.5 Å². The number of hydrazone groups is 1. The molecule has 0 spiro atoms. The van der Waals surface area contributed by atoms with Crippen molar-refractivity contribution in [3.8, 4) is 11.5 Å². The molecule has 1 amide bonds. The maximum atomic E-state index is 12.1. The van der Waals surface area contributed by atoms with Crippen molar-refractivity contribution in [3.05, 3.63) is 59.7 Å². The first-order valence-corrected chi connectivity index (χ1v) is 7.78. The zero-order valence-electron chi connectivity index (χ0n) is 14.0. The minimum absolute atomic E-state index is 0.0901. The van der Waals surface area contributed by atoms with E-state index in [1.807, 2.05) is 48.5 Å². The number of hydrogen-bond acceptors (Lipinski definition) is 4. The number of benzene rings is 2. The first kappa shape index (κ1) is 16.1. The summed E-state index contributed by atoms with van der Waals surface area (Å²) in [6, 6.07) is 15.4. The van der Waals surface area contributed by atoms with Gasteiger partial charge in [-0.1, -0.05) is 30.3 Å². The van der Waals surface area contributed by atoms with E-state index in [0.717, 1.165) is 16.8 Å². The van der Waals surface area contributed by atoms with Gasteiger partial charge >= 0.3 is 0 Å². The fourth-order valence-electron chi connectivity index (χ4n) is 2.89. The van der Waals surface area contributed by atoms with Crippen LogP contribution in [0.2, 0.25) is 0 Å². The van der Waals surface area contributed by atoms with Crippen LogP contribution in [0.3, 0.4) is 0 Å². The Morgan fingerprint density at radius 1 is 1.08 bits per heavy atom. The number of hydrogen-bond donors (Lipinski definition) is 0. The third-order valence-corrected chi connectivity index (χ3v) is 4.10. The van der Waals surface area contributed by atoms with Crippen LogP contribution in [0.4, 0.5) is 0 Å². The van der Waals surface area contributed by atoms with Gasteiger partial charge in [0.15, 0.2) is 0 Å². The van der Waals surface area contributed by atoms with E-state index in [9.17, 15) is 4.79 Å². The molecule has 0 bridgehead atoms. The molecule has 5 heteroatoms. The minimum atomic E-state index is -0.165. The zero-order valence-corrected chi connectivity index (χ0v) is 14.0. The molecule has 1 atom stereocenters. The van der Waals surface area contributed by atoms with Crippen LogP contribution in [0, 0.1) is 0 Å². The highest BCUT2D eigenvalue weighted by molar-refractivity contribution is 6.03. The quantitative estimate of drug-likeness (QED) is 0.866. The molecular weight excluding hydrogens is 304 g/mol. The Labute approximate surface area is 141 Å². The van der Waals surface area contributed by atoms with E-state index in [1.54, 1.807) is 14.2 Å².